The highest BCUT2D eigenvalue weighted by molar-refractivity contribution is 7.89. The van der Waals surface area contributed by atoms with Crippen LogP contribution in [0.15, 0.2) is 47.4 Å². The Morgan fingerprint density at radius 2 is 1.79 bits per heavy atom. The van der Waals surface area contributed by atoms with E-state index in [9.17, 15) is 21.6 Å². The number of halogens is 4. The van der Waals surface area contributed by atoms with E-state index >= 15 is 0 Å². The van der Waals surface area contributed by atoms with Crippen LogP contribution in [0.5, 0.6) is 5.75 Å². The van der Waals surface area contributed by atoms with Gasteiger partial charge in [-0.2, -0.15) is 13.1 Å². The van der Waals surface area contributed by atoms with Crippen molar-refractivity contribution in [3.8, 4) is 5.75 Å². The van der Waals surface area contributed by atoms with Crippen molar-refractivity contribution >= 4 is 21.6 Å². The summed E-state index contributed by atoms with van der Waals surface area (Å²) in [7, 11) is -2.78. The number of benzene rings is 2. The third kappa shape index (κ3) is 4.40. The molecule has 0 saturated heterocycles. The van der Waals surface area contributed by atoms with E-state index in [4.69, 9.17) is 11.6 Å². The Morgan fingerprint density at radius 3 is 2.33 bits per heavy atom. The highest BCUT2D eigenvalue weighted by atomic mass is 35.5. The molecule has 2 rings (SSSR count). The molecule has 0 N–H and O–H groups in total. The minimum absolute atomic E-state index is 0.0389. The van der Waals surface area contributed by atoms with Crippen LogP contribution in [0.3, 0.4) is 0 Å². The van der Waals surface area contributed by atoms with Crippen molar-refractivity contribution in [2.45, 2.75) is 18.1 Å². The summed E-state index contributed by atoms with van der Waals surface area (Å²) in [6.45, 7) is -3.01. The smallest absolute Gasteiger partial charge is 0.387 e. The van der Waals surface area contributed by atoms with Gasteiger partial charge in [-0.1, -0.05) is 23.7 Å². The van der Waals surface area contributed by atoms with E-state index in [-0.39, 0.29) is 17.3 Å². The van der Waals surface area contributed by atoms with Crippen molar-refractivity contribution in [1.29, 1.82) is 0 Å². The number of sulfonamides is 1. The summed E-state index contributed by atoms with van der Waals surface area (Å²) in [4.78, 5) is -0.493. The van der Waals surface area contributed by atoms with Crippen LogP contribution in [0, 0.1) is 5.82 Å². The minimum Gasteiger partial charge on any atom is -0.435 e. The van der Waals surface area contributed by atoms with Gasteiger partial charge in [-0.3, -0.25) is 0 Å². The zero-order valence-electron chi connectivity index (χ0n) is 12.4. The summed E-state index contributed by atoms with van der Waals surface area (Å²) < 4.78 is 68.0. The van der Waals surface area contributed by atoms with Gasteiger partial charge in [0.25, 0.3) is 0 Å². The molecule has 0 aliphatic rings. The average molecular weight is 380 g/mol. The Morgan fingerprint density at radius 1 is 1.17 bits per heavy atom. The van der Waals surface area contributed by atoms with Gasteiger partial charge in [-0.05, 0) is 35.9 Å². The number of hydrogen-bond donors (Lipinski definition) is 0. The topological polar surface area (TPSA) is 46.6 Å². The van der Waals surface area contributed by atoms with Crippen LogP contribution < -0.4 is 4.74 Å². The third-order valence-corrected chi connectivity index (χ3v) is 5.21. The second-order valence-electron chi connectivity index (χ2n) is 4.86. The summed E-state index contributed by atoms with van der Waals surface area (Å²) in [5.74, 6) is -0.988. The second kappa shape index (κ2) is 7.42. The van der Waals surface area contributed by atoms with Gasteiger partial charge >= 0.3 is 6.61 Å². The van der Waals surface area contributed by atoms with E-state index in [0.717, 1.165) is 16.4 Å². The van der Waals surface area contributed by atoms with Crippen LogP contribution >= 0.6 is 11.6 Å². The summed E-state index contributed by atoms with van der Waals surface area (Å²) in [5.41, 5.74) is 0.525. The Bertz CT molecular complexity index is 813. The SMILES string of the molecule is CN(Cc1ccc(OC(F)F)cc1)S(=O)(=O)c1ccc(Cl)cc1F. The van der Waals surface area contributed by atoms with Crippen LogP contribution in [0.25, 0.3) is 0 Å². The standard InChI is InChI=1S/C15H13ClF3NO3S/c1-20(9-10-2-5-12(6-3-10)23-15(18)19)24(21,22)14-7-4-11(16)8-13(14)17/h2-8,15H,9H2,1H3. The molecule has 0 bridgehead atoms. The quantitative estimate of drug-likeness (QED) is 0.764. The first-order chi connectivity index (χ1) is 11.2. The predicted octanol–water partition coefficient (Wildman–Crippen LogP) is 3.90. The molecule has 130 valence electrons. The molecule has 0 unspecified atom stereocenters. The fraction of sp³-hybridized carbons (Fsp3) is 0.200. The maximum atomic E-state index is 13.8. The third-order valence-electron chi connectivity index (χ3n) is 3.14. The average Bonchev–Trinajstić information content (AvgIpc) is 2.48. The van der Waals surface area contributed by atoms with Crippen LogP contribution in [0.4, 0.5) is 13.2 Å². The molecule has 2 aromatic rings. The van der Waals surface area contributed by atoms with Gasteiger partial charge in [-0.25, -0.2) is 12.8 Å². The Hall–Kier alpha value is -1.77. The number of rotatable bonds is 6. The van der Waals surface area contributed by atoms with E-state index in [0.29, 0.717) is 5.56 Å². The Balaban J connectivity index is 2.17. The van der Waals surface area contributed by atoms with Crippen molar-refractivity contribution < 1.29 is 26.3 Å². The summed E-state index contributed by atoms with van der Waals surface area (Å²) in [5, 5.41) is 0.0868. The zero-order chi connectivity index (χ0) is 17.9. The monoisotopic (exact) mass is 379 g/mol. The van der Waals surface area contributed by atoms with Gasteiger partial charge in [0.2, 0.25) is 10.0 Å². The number of nitrogens with zero attached hydrogens (tertiary/aromatic N) is 1. The van der Waals surface area contributed by atoms with Crippen LogP contribution in [-0.2, 0) is 16.6 Å². The molecule has 2 aromatic carbocycles. The first kappa shape index (κ1) is 18.6. The molecule has 0 aromatic heterocycles. The van der Waals surface area contributed by atoms with Gasteiger partial charge in [-0.15, -0.1) is 0 Å². The normalized spacial score (nSPS) is 12.0. The lowest BCUT2D eigenvalue weighted by Crippen LogP contribution is -2.27. The molecule has 0 radical (unpaired) electrons. The van der Waals surface area contributed by atoms with E-state index in [1.54, 1.807) is 0 Å². The molecular weight excluding hydrogens is 367 g/mol. The molecule has 24 heavy (non-hydrogen) atoms. The number of hydrogen-bond acceptors (Lipinski definition) is 3. The predicted molar refractivity (Wildman–Crippen MR) is 83.1 cm³/mol. The van der Waals surface area contributed by atoms with Gasteiger partial charge in [0, 0.05) is 18.6 Å². The molecule has 0 saturated carbocycles. The first-order valence-corrected chi connectivity index (χ1v) is 8.47. The molecule has 0 fully saturated rings. The van der Waals surface area contributed by atoms with Gasteiger partial charge in [0.15, 0.2) is 0 Å². The fourth-order valence-electron chi connectivity index (χ4n) is 1.97. The van der Waals surface area contributed by atoms with Crippen molar-refractivity contribution in [2.75, 3.05) is 7.05 Å². The molecule has 0 atom stereocenters. The maximum absolute atomic E-state index is 13.8. The number of alkyl halides is 2. The molecule has 0 spiro atoms. The van der Waals surface area contributed by atoms with Crippen molar-refractivity contribution in [1.82, 2.24) is 4.31 Å². The van der Waals surface area contributed by atoms with E-state index < -0.39 is 27.3 Å². The van der Waals surface area contributed by atoms with Crippen molar-refractivity contribution in [3.05, 3.63) is 58.9 Å². The summed E-state index contributed by atoms with van der Waals surface area (Å²) in [6.07, 6.45) is 0. The van der Waals surface area contributed by atoms with Crippen LogP contribution in [-0.4, -0.2) is 26.4 Å². The Kier molecular flexibility index (Phi) is 5.74. The lowest BCUT2D eigenvalue weighted by atomic mass is 10.2. The molecular formula is C15H13ClF3NO3S. The maximum Gasteiger partial charge on any atom is 0.387 e. The highest BCUT2D eigenvalue weighted by Crippen LogP contribution is 2.23. The van der Waals surface area contributed by atoms with Crippen LogP contribution in [0.1, 0.15) is 5.56 Å². The largest absolute Gasteiger partial charge is 0.435 e. The lowest BCUT2D eigenvalue weighted by Gasteiger charge is -2.18. The zero-order valence-corrected chi connectivity index (χ0v) is 14.0. The first-order valence-electron chi connectivity index (χ1n) is 6.65. The number of ether oxygens (including phenoxy) is 1. The minimum atomic E-state index is -4.07. The van der Waals surface area contributed by atoms with Gasteiger partial charge < -0.3 is 4.74 Å². The Labute approximate surface area is 142 Å². The molecule has 4 nitrogen and oxygen atoms in total. The van der Waals surface area contributed by atoms with Crippen LogP contribution in [0.2, 0.25) is 5.02 Å². The fourth-order valence-corrected chi connectivity index (χ4v) is 3.33. The van der Waals surface area contributed by atoms with Gasteiger partial charge in [0.05, 0.1) is 0 Å². The molecule has 0 aliphatic carbocycles. The molecule has 0 aliphatic heterocycles. The van der Waals surface area contributed by atoms with Gasteiger partial charge in [0.1, 0.15) is 16.5 Å². The van der Waals surface area contributed by atoms with Crippen molar-refractivity contribution in [2.24, 2.45) is 0 Å². The molecule has 9 heteroatoms. The second-order valence-corrected chi connectivity index (χ2v) is 7.31. The van der Waals surface area contributed by atoms with E-state index in [1.807, 2.05) is 0 Å². The van der Waals surface area contributed by atoms with Crippen molar-refractivity contribution in [3.63, 3.8) is 0 Å². The molecule has 0 heterocycles. The summed E-state index contributed by atoms with van der Waals surface area (Å²) in [6, 6.07) is 8.77. The summed E-state index contributed by atoms with van der Waals surface area (Å²) >= 11 is 5.61. The lowest BCUT2D eigenvalue weighted by molar-refractivity contribution is -0.0498. The highest BCUT2D eigenvalue weighted by Gasteiger charge is 2.24. The van der Waals surface area contributed by atoms with E-state index in [2.05, 4.69) is 4.74 Å². The van der Waals surface area contributed by atoms with E-state index in [1.165, 1.54) is 37.4 Å². The molecule has 0 amide bonds.